The normalized spacial score (nSPS) is 11.3. The van der Waals surface area contributed by atoms with E-state index in [1.54, 1.807) is 66.7 Å². The number of fused-ring (bicyclic) bond motifs is 1. The summed E-state index contributed by atoms with van der Waals surface area (Å²) in [6.45, 7) is 0. The highest BCUT2D eigenvalue weighted by Gasteiger charge is 2.21. The Morgan fingerprint density at radius 2 is 0.597 bits per heavy atom. The second-order valence-corrected chi connectivity index (χ2v) is 14.2. The molecule has 0 amide bonds. The monoisotopic (exact) mass is 822 g/mol. The lowest BCUT2D eigenvalue weighted by atomic mass is 10.1. The van der Waals surface area contributed by atoms with E-state index in [1.165, 1.54) is 60.7 Å². The third-order valence-electron chi connectivity index (χ3n) is 10.0. The van der Waals surface area contributed by atoms with Gasteiger partial charge in [-0.15, -0.1) is 0 Å². The van der Waals surface area contributed by atoms with Gasteiger partial charge in [0.05, 0.1) is 11.0 Å². The Morgan fingerprint density at radius 3 is 0.952 bits per heavy atom. The summed E-state index contributed by atoms with van der Waals surface area (Å²) in [5.41, 5.74) is 5.49. The largest absolute Gasteiger partial charge is 0.292 e. The minimum absolute atomic E-state index is 0.195. The summed E-state index contributed by atoms with van der Waals surface area (Å²) < 4.78 is 72.8. The zero-order chi connectivity index (χ0) is 42.3. The Labute approximate surface area is 349 Å². The van der Waals surface area contributed by atoms with Crippen molar-refractivity contribution in [3.8, 4) is 85.4 Å². The summed E-state index contributed by atoms with van der Waals surface area (Å²) in [4.78, 5) is 34.0. The van der Waals surface area contributed by atoms with Gasteiger partial charge in [-0.3, -0.25) is 4.57 Å². The van der Waals surface area contributed by atoms with Crippen molar-refractivity contribution in [2.75, 3.05) is 0 Å². The molecule has 0 unspecified atom stereocenters. The smallest absolute Gasteiger partial charge is 0.164 e. The quantitative estimate of drug-likeness (QED) is 0.141. The van der Waals surface area contributed by atoms with E-state index in [9.17, 15) is 22.0 Å². The number of imidazole rings is 1. The number of nitrogens with zero attached hydrogens (tertiary/aromatic N) is 8. The van der Waals surface area contributed by atoms with Crippen LogP contribution in [0.4, 0.5) is 22.0 Å². The lowest BCUT2D eigenvalue weighted by Gasteiger charge is -2.15. The van der Waals surface area contributed by atoms with Crippen LogP contribution in [0.25, 0.3) is 96.4 Å². The third kappa shape index (κ3) is 7.54. The molecule has 0 aliphatic heterocycles. The second-order valence-electron chi connectivity index (χ2n) is 14.2. The van der Waals surface area contributed by atoms with Gasteiger partial charge in [0.15, 0.2) is 34.9 Å². The maximum absolute atomic E-state index is 14.3. The number of aromatic nitrogens is 8. The van der Waals surface area contributed by atoms with E-state index in [2.05, 4.69) is 0 Å². The molecule has 3 aromatic heterocycles. The molecule has 7 aromatic carbocycles. The summed E-state index contributed by atoms with van der Waals surface area (Å²) in [5, 5.41) is 0. The molecule has 62 heavy (non-hydrogen) atoms. The standard InChI is InChI=1S/C49H27F5N8/c50-35-15-5-28(6-16-35)43-56-44(29-7-17-36(51)18-8-29)59-47(58-43)33-25-34(27-40(26-33)62-42-4-2-1-3-41(42)55-49(62)32-13-23-39(54)24-14-32)48-60-45(30-9-19-37(52)20-10-30)57-46(61-48)31-11-21-38(53)22-12-31/h1-27H. The van der Waals surface area contributed by atoms with Crippen LogP contribution in [0, 0.1) is 29.1 Å². The van der Waals surface area contributed by atoms with E-state index < -0.39 is 29.1 Å². The third-order valence-corrected chi connectivity index (χ3v) is 10.0. The van der Waals surface area contributed by atoms with E-state index in [-0.39, 0.29) is 34.9 Å². The van der Waals surface area contributed by atoms with Crippen LogP contribution in [0.5, 0.6) is 0 Å². The Hall–Kier alpha value is -8.32. The maximum atomic E-state index is 14.3. The van der Waals surface area contributed by atoms with Crippen LogP contribution in [0.2, 0.25) is 0 Å². The Bertz CT molecular complexity index is 2980. The van der Waals surface area contributed by atoms with Gasteiger partial charge in [0, 0.05) is 44.6 Å². The first kappa shape index (κ1) is 37.9. The molecule has 0 bridgehead atoms. The molecule has 10 aromatic rings. The van der Waals surface area contributed by atoms with E-state index >= 15 is 0 Å². The van der Waals surface area contributed by atoms with Crippen molar-refractivity contribution in [1.29, 1.82) is 0 Å². The van der Waals surface area contributed by atoms with E-state index in [0.717, 1.165) is 5.52 Å². The van der Waals surface area contributed by atoms with Crippen LogP contribution in [0.15, 0.2) is 164 Å². The summed E-state index contributed by atoms with van der Waals surface area (Å²) in [7, 11) is 0. The van der Waals surface area contributed by atoms with Gasteiger partial charge in [0.25, 0.3) is 0 Å². The summed E-state index contributed by atoms with van der Waals surface area (Å²) in [6, 6.07) is 41.8. The van der Waals surface area contributed by atoms with Crippen molar-refractivity contribution in [3.63, 3.8) is 0 Å². The van der Waals surface area contributed by atoms with Crippen molar-refractivity contribution < 1.29 is 22.0 Å². The number of rotatable bonds is 8. The lowest BCUT2D eigenvalue weighted by molar-refractivity contribution is 0.627. The molecule has 298 valence electrons. The van der Waals surface area contributed by atoms with E-state index in [4.69, 9.17) is 34.9 Å². The average molecular weight is 823 g/mol. The molecule has 0 radical (unpaired) electrons. The highest BCUT2D eigenvalue weighted by molar-refractivity contribution is 5.85. The van der Waals surface area contributed by atoms with Crippen molar-refractivity contribution in [2.45, 2.75) is 0 Å². The lowest BCUT2D eigenvalue weighted by Crippen LogP contribution is -2.04. The number of hydrogen-bond donors (Lipinski definition) is 0. The predicted molar refractivity (Wildman–Crippen MR) is 226 cm³/mol. The average Bonchev–Trinajstić information content (AvgIpc) is 3.69. The Kier molecular flexibility index (Phi) is 9.60. The van der Waals surface area contributed by atoms with Crippen LogP contribution in [0.3, 0.4) is 0 Å². The summed E-state index contributed by atoms with van der Waals surface area (Å²) in [5.74, 6) is -0.409. The molecule has 0 aliphatic carbocycles. The van der Waals surface area contributed by atoms with Crippen LogP contribution in [-0.4, -0.2) is 39.5 Å². The predicted octanol–water partition coefficient (Wildman–Crippen LogP) is 11.8. The maximum Gasteiger partial charge on any atom is 0.164 e. The van der Waals surface area contributed by atoms with Gasteiger partial charge in [-0.2, -0.15) is 0 Å². The number of hydrogen-bond acceptors (Lipinski definition) is 7. The number of halogens is 5. The SMILES string of the molecule is Fc1ccc(-c2nc(-c3ccc(F)cc3)nc(-c3cc(-c4nc(-c5ccc(F)cc5)nc(-c5ccc(F)cc5)n4)cc(-n4c(-c5ccc(F)cc5)nc5ccccc54)c3)n2)cc1. The summed E-state index contributed by atoms with van der Waals surface area (Å²) >= 11 is 0. The zero-order valence-corrected chi connectivity index (χ0v) is 32.1. The molecule has 3 heterocycles. The molecule has 0 saturated heterocycles. The first-order valence-electron chi connectivity index (χ1n) is 19.2. The second kappa shape index (κ2) is 15.7. The zero-order valence-electron chi connectivity index (χ0n) is 32.1. The molecule has 0 aliphatic rings. The minimum atomic E-state index is -0.444. The van der Waals surface area contributed by atoms with Crippen molar-refractivity contribution in [2.24, 2.45) is 0 Å². The van der Waals surface area contributed by atoms with Crippen LogP contribution < -0.4 is 0 Å². The van der Waals surface area contributed by atoms with Gasteiger partial charge >= 0.3 is 0 Å². The molecule has 8 nitrogen and oxygen atoms in total. The van der Waals surface area contributed by atoms with Crippen molar-refractivity contribution in [3.05, 3.63) is 193 Å². The van der Waals surface area contributed by atoms with Gasteiger partial charge in [-0.25, -0.2) is 56.8 Å². The van der Waals surface area contributed by atoms with Crippen LogP contribution in [-0.2, 0) is 0 Å². The topological polar surface area (TPSA) is 95.2 Å². The fourth-order valence-electron chi connectivity index (χ4n) is 7.00. The van der Waals surface area contributed by atoms with Crippen LogP contribution in [0.1, 0.15) is 0 Å². The fraction of sp³-hybridized carbons (Fsp3) is 0. The first-order valence-corrected chi connectivity index (χ1v) is 19.2. The highest BCUT2D eigenvalue weighted by atomic mass is 19.1. The fourth-order valence-corrected chi connectivity index (χ4v) is 7.00. The molecule has 0 atom stereocenters. The van der Waals surface area contributed by atoms with Gasteiger partial charge < -0.3 is 0 Å². The first-order chi connectivity index (χ1) is 30.2. The minimum Gasteiger partial charge on any atom is -0.292 e. The van der Waals surface area contributed by atoms with E-state index in [0.29, 0.717) is 56.0 Å². The van der Waals surface area contributed by atoms with Crippen LogP contribution >= 0.6 is 0 Å². The van der Waals surface area contributed by atoms with Gasteiger partial charge in [0.2, 0.25) is 0 Å². The highest BCUT2D eigenvalue weighted by Crippen LogP contribution is 2.35. The number of para-hydroxylation sites is 2. The molecule has 0 fully saturated rings. The van der Waals surface area contributed by atoms with Crippen molar-refractivity contribution in [1.82, 2.24) is 39.5 Å². The Balaban J connectivity index is 1.26. The molecule has 0 saturated carbocycles. The molecule has 10 rings (SSSR count). The molecule has 13 heteroatoms. The molecule has 0 spiro atoms. The van der Waals surface area contributed by atoms with Gasteiger partial charge in [-0.05, 0) is 152 Å². The molecule has 0 N–H and O–H groups in total. The van der Waals surface area contributed by atoms with Gasteiger partial charge in [-0.1, -0.05) is 12.1 Å². The molecular formula is C49H27F5N8. The van der Waals surface area contributed by atoms with Crippen molar-refractivity contribution >= 4 is 11.0 Å². The van der Waals surface area contributed by atoms with Gasteiger partial charge in [0.1, 0.15) is 34.9 Å². The Morgan fingerprint density at radius 1 is 0.290 bits per heavy atom. The summed E-state index contributed by atoms with van der Waals surface area (Å²) in [6.07, 6.45) is 0. The number of benzene rings is 7. The molecular weight excluding hydrogens is 796 g/mol. The van der Waals surface area contributed by atoms with E-state index in [1.807, 2.05) is 41.0 Å².